The molecule has 4 aliphatic rings. The van der Waals surface area contributed by atoms with Crippen molar-refractivity contribution in [2.75, 3.05) is 0 Å². The molecule has 1 aromatic rings. The van der Waals surface area contributed by atoms with Gasteiger partial charge in [0.25, 0.3) is 0 Å². The van der Waals surface area contributed by atoms with E-state index in [1.807, 2.05) is 18.2 Å². The zero-order valence-electron chi connectivity index (χ0n) is 15.5. The molecule has 3 N–H and O–H groups in total. The minimum absolute atomic E-state index is 0.0973. The quantitative estimate of drug-likeness (QED) is 0.789. The Morgan fingerprint density at radius 2 is 1.62 bits per heavy atom. The van der Waals surface area contributed by atoms with Crippen LogP contribution in [0, 0.1) is 23.2 Å². The highest BCUT2D eigenvalue weighted by molar-refractivity contribution is 5.89. The molecule has 4 saturated carbocycles. The van der Waals surface area contributed by atoms with Crippen LogP contribution in [-0.2, 0) is 16.0 Å². The molecule has 0 unspecified atom stereocenters. The standard InChI is InChI=1S/C22H30N2O2/c23-20(25)19(8-4-7-15-5-2-1-3-6-15)24-21(26)22-12-16-9-17(13-22)11-18(10-16)14-22/h1-3,5-6,16-19H,4,7-14H2,(H2,23,25)(H,24,26)/t16?,17?,18?,19-,22?/m0/s1. The maximum absolute atomic E-state index is 13.1. The number of hydrogen-bond donors (Lipinski definition) is 2. The lowest BCUT2D eigenvalue weighted by Gasteiger charge is -2.55. The molecule has 26 heavy (non-hydrogen) atoms. The Balaban J connectivity index is 1.36. The van der Waals surface area contributed by atoms with Crippen molar-refractivity contribution in [3.8, 4) is 0 Å². The summed E-state index contributed by atoms with van der Waals surface area (Å²) in [7, 11) is 0. The second-order valence-electron chi connectivity index (χ2n) is 9.00. The highest BCUT2D eigenvalue weighted by Gasteiger charge is 2.54. The van der Waals surface area contributed by atoms with Crippen molar-refractivity contribution in [3.63, 3.8) is 0 Å². The molecule has 4 aliphatic carbocycles. The van der Waals surface area contributed by atoms with E-state index >= 15 is 0 Å². The molecule has 1 aromatic carbocycles. The number of carbonyl (C=O) groups is 2. The molecule has 0 saturated heterocycles. The van der Waals surface area contributed by atoms with Gasteiger partial charge in [0.2, 0.25) is 11.8 Å². The van der Waals surface area contributed by atoms with Gasteiger partial charge in [-0.15, -0.1) is 0 Å². The van der Waals surface area contributed by atoms with Crippen molar-refractivity contribution in [3.05, 3.63) is 35.9 Å². The third-order valence-electron chi connectivity index (χ3n) is 6.97. The van der Waals surface area contributed by atoms with Crippen LogP contribution in [0.2, 0.25) is 0 Å². The first kappa shape index (κ1) is 17.6. The molecule has 4 heteroatoms. The van der Waals surface area contributed by atoms with Crippen LogP contribution in [0.5, 0.6) is 0 Å². The highest BCUT2D eigenvalue weighted by Crippen LogP contribution is 2.60. The predicted octanol–water partition coefficient (Wildman–Crippen LogP) is 3.20. The van der Waals surface area contributed by atoms with Gasteiger partial charge in [-0.2, -0.15) is 0 Å². The summed E-state index contributed by atoms with van der Waals surface area (Å²) in [6, 6.07) is 9.69. The largest absolute Gasteiger partial charge is 0.368 e. The third kappa shape index (κ3) is 3.51. The summed E-state index contributed by atoms with van der Waals surface area (Å²) in [4.78, 5) is 25.0. The van der Waals surface area contributed by atoms with Gasteiger partial charge in [0, 0.05) is 5.41 Å². The van der Waals surface area contributed by atoms with Crippen LogP contribution in [0.1, 0.15) is 56.9 Å². The number of aryl methyl sites for hydroxylation is 1. The van der Waals surface area contributed by atoms with Gasteiger partial charge in [-0.3, -0.25) is 9.59 Å². The highest BCUT2D eigenvalue weighted by atomic mass is 16.2. The van der Waals surface area contributed by atoms with E-state index < -0.39 is 11.9 Å². The summed E-state index contributed by atoms with van der Waals surface area (Å²) < 4.78 is 0. The first-order valence-electron chi connectivity index (χ1n) is 10.2. The van der Waals surface area contributed by atoms with E-state index in [9.17, 15) is 9.59 Å². The molecule has 2 amide bonds. The van der Waals surface area contributed by atoms with Gasteiger partial charge < -0.3 is 11.1 Å². The molecule has 140 valence electrons. The fraction of sp³-hybridized carbons (Fsp3) is 0.636. The fourth-order valence-corrected chi connectivity index (χ4v) is 6.14. The summed E-state index contributed by atoms with van der Waals surface area (Å²) in [6.07, 6.45) is 9.33. The van der Waals surface area contributed by atoms with Gasteiger partial charge >= 0.3 is 0 Å². The van der Waals surface area contributed by atoms with Crippen LogP contribution in [0.15, 0.2) is 30.3 Å². The van der Waals surface area contributed by atoms with E-state index in [1.54, 1.807) is 0 Å². The van der Waals surface area contributed by atoms with Crippen LogP contribution in [-0.4, -0.2) is 17.9 Å². The first-order valence-corrected chi connectivity index (χ1v) is 10.2. The molecule has 4 nitrogen and oxygen atoms in total. The number of amides is 2. The number of nitrogens with two attached hydrogens (primary N) is 1. The lowest BCUT2D eigenvalue weighted by atomic mass is 9.49. The summed E-state index contributed by atoms with van der Waals surface area (Å²) in [5.74, 6) is 1.85. The maximum atomic E-state index is 13.1. The van der Waals surface area contributed by atoms with Crippen molar-refractivity contribution in [1.29, 1.82) is 0 Å². The lowest BCUT2D eigenvalue weighted by molar-refractivity contribution is -0.148. The molecule has 0 heterocycles. The van der Waals surface area contributed by atoms with E-state index in [1.165, 1.54) is 24.8 Å². The fourth-order valence-electron chi connectivity index (χ4n) is 6.14. The number of nitrogens with one attached hydrogen (secondary N) is 1. The Morgan fingerprint density at radius 1 is 1.04 bits per heavy atom. The number of primary amides is 1. The topological polar surface area (TPSA) is 72.2 Å². The number of carbonyl (C=O) groups excluding carboxylic acids is 2. The third-order valence-corrected chi connectivity index (χ3v) is 6.97. The smallest absolute Gasteiger partial charge is 0.239 e. The number of hydrogen-bond acceptors (Lipinski definition) is 2. The average molecular weight is 354 g/mol. The number of benzene rings is 1. The van der Waals surface area contributed by atoms with Gasteiger partial charge in [-0.25, -0.2) is 0 Å². The normalized spacial score (nSPS) is 33.0. The van der Waals surface area contributed by atoms with Crippen molar-refractivity contribution in [2.24, 2.45) is 28.9 Å². The van der Waals surface area contributed by atoms with E-state index in [0.29, 0.717) is 6.42 Å². The average Bonchev–Trinajstić information content (AvgIpc) is 2.60. The van der Waals surface area contributed by atoms with Gasteiger partial charge in [-0.1, -0.05) is 30.3 Å². The van der Waals surface area contributed by atoms with E-state index in [4.69, 9.17) is 5.73 Å². The second-order valence-corrected chi connectivity index (χ2v) is 9.00. The summed E-state index contributed by atoms with van der Waals surface area (Å²) in [6.45, 7) is 0. The minimum Gasteiger partial charge on any atom is -0.368 e. The summed E-state index contributed by atoms with van der Waals surface area (Å²) >= 11 is 0. The first-order chi connectivity index (χ1) is 12.5. The van der Waals surface area contributed by atoms with Gasteiger partial charge in [-0.05, 0) is 81.1 Å². The molecule has 0 aromatic heterocycles. The van der Waals surface area contributed by atoms with Gasteiger partial charge in [0.05, 0.1) is 0 Å². The molecule has 4 fully saturated rings. The predicted molar refractivity (Wildman–Crippen MR) is 101 cm³/mol. The Hall–Kier alpha value is -1.84. The van der Waals surface area contributed by atoms with Crippen molar-refractivity contribution >= 4 is 11.8 Å². The Bertz CT molecular complexity index is 635. The van der Waals surface area contributed by atoms with E-state index in [0.717, 1.165) is 49.9 Å². The van der Waals surface area contributed by atoms with Crippen LogP contribution >= 0.6 is 0 Å². The Morgan fingerprint density at radius 3 is 2.15 bits per heavy atom. The SMILES string of the molecule is NC(=O)[C@H](CCCc1ccccc1)NC(=O)C12CC3CC(CC(C3)C1)C2. The maximum Gasteiger partial charge on any atom is 0.239 e. The van der Waals surface area contributed by atoms with Gasteiger partial charge in [0.1, 0.15) is 6.04 Å². The monoisotopic (exact) mass is 354 g/mol. The second kappa shape index (κ2) is 7.05. The molecular weight excluding hydrogens is 324 g/mol. The van der Waals surface area contributed by atoms with Crippen LogP contribution in [0.4, 0.5) is 0 Å². The molecule has 0 aliphatic heterocycles. The lowest BCUT2D eigenvalue weighted by Crippen LogP contribution is -2.57. The van der Waals surface area contributed by atoms with Crippen LogP contribution in [0.25, 0.3) is 0 Å². The molecular formula is C22H30N2O2. The number of rotatable bonds is 7. The molecule has 4 bridgehead atoms. The Kier molecular flexibility index (Phi) is 4.76. The Labute approximate surface area is 155 Å². The van der Waals surface area contributed by atoms with Crippen molar-refractivity contribution in [2.45, 2.75) is 63.8 Å². The zero-order chi connectivity index (χ0) is 18.1. The summed E-state index contributed by atoms with van der Waals surface area (Å²) in [5.41, 5.74) is 6.63. The molecule has 1 atom stereocenters. The summed E-state index contributed by atoms with van der Waals surface area (Å²) in [5, 5.41) is 3.05. The van der Waals surface area contributed by atoms with Crippen LogP contribution < -0.4 is 11.1 Å². The molecule has 0 radical (unpaired) electrons. The van der Waals surface area contributed by atoms with E-state index in [2.05, 4.69) is 17.4 Å². The van der Waals surface area contributed by atoms with Crippen molar-refractivity contribution in [1.82, 2.24) is 5.32 Å². The molecule has 5 rings (SSSR count). The minimum atomic E-state index is -0.542. The van der Waals surface area contributed by atoms with E-state index in [-0.39, 0.29) is 11.3 Å². The van der Waals surface area contributed by atoms with Gasteiger partial charge in [0.15, 0.2) is 0 Å². The van der Waals surface area contributed by atoms with Crippen molar-refractivity contribution < 1.29 is 9.59 Å². The zero-order valence-corrected chi connectivity index (χ0v) is 15.5. The molecule has 0 spiro atoms. The van der Waals surface area contributed by atoms with Crippen LogP contribution in [0.3, 0.4) is 0 Å².